The fourth-order valence-corrected chi connectivity index (χ4v) is 2.28. The molecule has 3 rings (SSSR count). The summed E-state index contributed by atoms with van der Waals surface area (Å²) in [5.74, 6) is 0.769. The third kappa shape index (κ3) is 4.17. The summed E-state index contributed by atoms with van der Waals surface area (Å²) >= 11 is 0. The third-order valence-electron chi connectivity index (χ3n) is 3.57. The van der Waals surface area contributed by atoms with E-state index in [1.54, 1.807) is 31.6 Å². The van der Waals surface area contributed by atoms with Gasteiger partial charge in [-0.1, -0.05) is 12.1 Å². The number of rotatable bonds is 5. The Hall–Kier alpha value is -3.28. The summed E-state index contributed by atoms with van der Waals surface area (Å²) in [6, 6.07) is 11.1. The van der Waals surface area contributed by atoms with Gasteiger partial charge in [-0.15, -0.1) is 0 Å². The lowest BCUT2D eigenvalue weighted by atomic mass is 10.1. The molecule has 0 N–H and O–H groups in total. The van der Waals surface area contributed by atoms with E-state index < -0.39 is 5.97 Å². The minimum Gasteiger partial charge on any atom is -0.497 e. The molecule has 1 aromatic carbocycles. The highest BCUT2D eigenvalue weighted by atomic mass is 16.5. The first-order valence-corrected chi connectivity index (χ1v) is 7.71. The van der Waals surface area contributed by atoms with Gasteiger partial charge in [0.25, 0.3) is 0 Å². The average molecular weight is 335 g/mol. The Morgan fingerprint density at radius 3 is 2.60 bits per heavy atom. The molecule has 0 spiro atoms. The molecule has 0 aliphatic rings. The van der Waals surface area contributed by atoms with Gasteiger partial charge >= 0.3 is 5.97 Å². The zero-order chi connectivity index (χ0) is 17.6. The Morgan fingerprint density at radius 2 is 1.88 bits per heavy atom. The van der Waals surface area contributed by atoms with Gasteiger partial charge in [-0.05, 0) is 36.8 Å². The summed E-state index contributed by atoms with van der Waals surface area (Å²) in [4.78, 5) is 24.7. The summed E-state index contributed by atoms with van der Waals surface area (Å²) in [5.41, 5.74) is 2.96. The van der Waals surface area contributed by atoms with Crippen LogP contribution in [0.1, 0.15) is 21.9 Å². The maximum absolute atomic E-state index is 12.2. The Balaban J connectivity index is 1.72. The van der Waals surface area contributed by atoms with Gasteiger partial charge in [0, 0.05) is 29.8 Å². The third-order valence-corrected chi connectivity index (χ3v) is 3.57. The van der Waals surface area contributed by atoms with Crippen LogP contribution in [0.2, 0.25) is 0 Å². The van der Waals surface area contributed by atoms with E-state index >= 15 is 0 Å². The number of esters is 1. The van der Waals surface area contributed by atoms with E-state index in [-0.39, 0.29) is 6.61 Å². The first-order chi connectivity index (χ1) is 12.2. The SMILES string of the molecule is COc1ccc(-c2cncc(C(=O)OCc3nccc(C)n3)c2)cc1. The molecule has 6 nitrogen and oxygen atoms in total. The second-order valence-corrected chi connectivity index (χ2v) is 5.38. The number of benzene rings is 1. The molecule has 0 radical (unpaired) electrons. The molecule has 2 heterocycles. The van der Waals surface area contributed by atoms with Crippen molar-refractivity contribution < 1.29 is 14.3 Å². The number of carbonyl (C=O) groups excluding carboxylic acids is 1. The Kier molecular flexibility index (Phi) is 4.99. The summed E-state index contributed by atoms with van der Waals surface area (Å²) in [6.45, 7) is 1.88. The minimum atomic E-state index is -0.465. The molecule has 0 saturated carbocycles. The van der Waals surface area contributed by atoms with Crippen molar-refractivity contribution >= 4 is 5.97 Å². The van der Waals surface area contributed by atoms with Gasteiger partial charge in [0.15, 0.2) is 12.4 Å². The monoisotopic (exact) mass is 335 g/mol. The van der Waals surface area contributed by atoms with Crippen LogP contribution in [0.5, 0.6) is 5.75 Å². The van der Waals surface area contributed by atoms with Crippen molar-refractivity contribution in [2.75, 3.05) is 7.11 Å². The quantitative estimate of drug-likeness (QED) is 0.667. The summed E-state index contributed by atoms with van der Waals surface area (Å²) in [7, 11) is 1.62. The number of hydrogen-bond acceptors (Lipinski definition) is 6. The van der Waals surface area contributed by atoms with Gasteiger partial charge in [-0.2, -0.15) is 0 Å². The summed E-state index contributed by atoms with van der Waals surface area (Å²) < 4.78 is 10.4. The molecule has 0 bridgehead atoms. The maximum Gasteiger partial charge on any atom is 0.340 e. The first kappa shape index (κ1) is 16.6. The van der Waals surface area contributed by atoms with Crippen LogP contribution in [-0.2, 0) is 11.3 Å². The number of pyridine rings is 1. The fourth-order valence-electron chi connectivity index (χ4n) is 2.28. The van der Waals surface area contributed by atoms with E-state index in [1.807, 2.05) is 31.2 Å². The smallest absolute Gasteiger partial charge is 0.340 e. The van der Waals surface area contributed by atoms with Crippen LogP contribution in [-0.4, -0.2) is 28.0 Å². The molecule has 0 fully saturated rings. The fraction of sp³-hybridized carbons (Fsp3) is 0.158. The lowest BCUT2D eigenvalue weighted by Crippen LogP contribution is -2.08. The number of aryl methyl sites for hydroxylation is 1. The van der Waals surface area contributed by atoms with Crippen LogP contribution in [0, 0.1) is 6.92 Å². The number of methoxy groups -OCH3 is 1. The van der Waals surface area contributed by atoms with E-state index in [0.29, 0.717) is 11.4 Å². The zero-order valence-corrected chi connectivity index (χ0v) is 14.0. The Bertz CT molecular complexity index is 879. The topological polar surface area (TPSA) is 74.2 Å². The first-order valence-electron chi connectivity index (χ1n) is 7.71. The predicted octanol–water partition coefficient (Wildman–Crippen LogP) is 3.21. The molecular weight excluding hydrogens is 318 g/mol. The van der Waals surface area contributed by atoms with Crippen LogP contribution in [0.15, 0.2) is 55.0 Å². The van der Waals surface area contributed by atoms with Crippen molar-refractivity contribution in [3.05, 3.63) is 72.1 Å². The highest BCUT2D eigenvalue weighted by Gasteiger charge is 2.11. The zero-order valence-electron chi connectivity index (χ0n) is 14.0. The number of hydrogen-bond donors (Lipinski definition) is 0. The van der Waals surface area contributed by atoms with Gasteiger partial charge in [-0.3, -0.25) is 4.98 Å². The van der Waals surface area contributed by atoms with Gasteiger partial charge in [0.1, 0.15) is 5.75 Å². The molecule has 0 aliphatic heterocycles. The molecule has 3 aromatic rings. The lowest BCUT2D eigenvalue weighted by molar-refractivity contribution is 0.0461. The normalized spacial score (nSPS) is 10.3. The highest BCUT2D eigenvalue weighted by Crippen LogP contribution is 2.22. The van der Waals surface area contributed by atoms with Crippen molar-refractivity contribution in [1.29, 1.82) is 0 Å². The van der Waals surface area contributed by atoms with Crippen molar-refractivity contribution in [2.45, 2.75) is 13.5 Å². The van der Waals surface area contributed by atoms with Gasteiger partial charge < -0.3 is 9.47 Å². The number of nitrogens with zero attached hydrogens (tertiary/aromatic N) is 3. The van der Waals surface area contributed by atoms with E-state index in [2.05, 4.69) is 15.0 Å². The van der Waals surface area contributed by atoms with Crippen LogP contribution < -0.4 is 4.74 Å². The Morgan fingerprint density at radius 1 is 1.08 bits per heavy atom. The predicted molar refractivity (Wildman–Crippen MR) is 92.1 cm³/mol. The van der Waals surface area contributed by atoms with Crippen molar-refractivity contribution in [3.8, 4) is 16.9 Å². The number of carbonyl (C=O) groups is 1. The van der Waals surface area contributed by atoms with E-state index in [4.69, 9.17) is 9.47 Å². The van der Waals surface area contributed by atoms with Crippen molar-refractivity contribution in [2.24, 2.45) is 0 Å². The van der Waals surface area contributed by atoms with E-state index in [9.17, 15) is 4.79 Å². The largest absolute Gasteiger partial charge is 0.497 e. The standard InChI is InChI=1S/C19H17N3O3/c1-13-7-8-21-18(22-13)12-25-19(23)16-9-15(10-20-11-16)14-3-5-17(24-2)6-4-14/h3-11H,12H2,1-2H3. The second kappa shape index (κ2) is 7.53. The molecule has 0 aliphatic carbocycles. The molecule has 0 saturated heterocycles. The molecular formula is C19H17N3O3. The van der Waals surface area contributed by atoms with Gasteiger partial charge in [0.2, 0.25) is 0 Å². The molecule has 0 unspecified atom stereocenters. The Labute approximate surface area is 145 Å². The van der Waals surface area contributed by atoms with Crippen LogP contribution >= 0.6 is 0 Å². The molecule has 6 heteroatoms. The molecule has 2 aromatic heterocycles. The number of ether oxygens (including phenoxy) is 2. The second-order valence-electron chi connectivity index (χ2n) is 5.38. The van der Waals surface area contributed by atoms with E-state index in [1.165, 1.54) is 6.20 Å². The van der Waals surface area contributed by atoms with Crippen molar-refractivity contribution in [1.82, 2.24) is 15.0 Å². The average Bonchev–Trinajstić information content (AvgIpc) is 2.66. The number of aromatic nitrogens is 3. The van der Waals surface area contributed by atoms with Crippen LogP contribution in [0.25, 0.3) is 11.1 Å². The van der Waals surface area contributed by atoms with Crippen LogP contribution in [0.3, 0.4) is 0 Å². The van der Waals surface area contributed by atoms with E-state index in [0.717, 1.165) is 22.6 Å². The maximum atomic E-state index is 12.2. The molecule has 0 atom stereocenters. The molecule has 126 valence electrons. The van der Waals surface area contributed by atoms with Gasteiger partial charge in [-0.25, -0.2) is 14.8 Å². The molecule has 0 amide bonds. The summed E-state index contributed by atoms with van der Waals surface area (Å²) in [5, 5.41) is 0. The van der Waals surface area contributed by atoms with Gasteiger partial charge in [0.05, 0.1) is 12.7 Å². The summed E-state index contributed by atoms with van der Waals surface area (Å²) in [6.07, 6.45) is 4.81. The van der Waals surface area contributed by atoms with Crippen molar-refractivity contribution in [3.63, 3.8) is 0 Å². The van der Waals surface area contributed by atoms with Crippen LogP contribution in [0.4, 0.5) is 0 Å². The highest BCUT2D eigenvalue weighted by molar-refractivity contribution is 5.90. The molecule has 25 heavy (non-hydrogen) atoms. The lowest BCUT2D eigenvalue weighted by Gasteiger charge is -2.07. The minimum absolute atomic E-state index is 0.0211.